The van der Waals surface area contributed by atoms with Crippen LogP contribution < -0.4 is 5.32 Å². The number of aromatic hydroxyl groups is 2. The quantitative estimate of drug-likeness (QED) is 0.572. The molecule has 0 heterocycles. The number of quaternary nitrogens is 1. The zero-order valence-electron chi connectivity index (χ0n) is 9.01. The first-order valence-electron chi connectivity index (χ1n) is 5.03. The molecule has 0 fully saturated rings. The Morgan fingerprint density at radius 2 is 1.67 bits per heavy atom. The van der Waals surface area contributed by atoms with Crippen LogP contribution >= 0.6 is 0 Å². The van der Waals surface area contributed by atoms with E-state index in [1.165, 1.54) is 18.2 Å². The number of benzene rings is 1. The molecule has 1 aromatic carbocycles. The molecule has 0 radical (unpaired) electrons. The van der Waals surface area contributed by atoms with Crippen LogP contribution in [0.25, 0.3) is 0 Å². The van der Waals surface area contributed by atoms with Gasteiger partial charge < -0.3 is 20.6 Å². The highest BCUT2D eigenvalue weighted by Gasteiger charge is 2.12. The number of nitrogens with two attached hydrogens (primary N) is 1. The van der Waals surface area contributed by atoms with E-state index in [1.807, 2.05) is 19.2 Å². The van der Waals surface area contributed by atoms with Crippen LogP contribution in [0.1, 0.15) is 25.5 Å². The van der Waals surface area contributed by atoms with E-state index in [0.29, 0.717) is 18.2 Å². The molecule has 5 N–H and O–H groups in total. The lowest BCUT2D eigenvalue weighted by Crippen LogP contribution is -2.89. The maximum absolute atomic E-state index is 9.76. The molecule has 0 saturated carbocycles. The smallest absolute Gasteiger partial charge is 0.128 e. The molecule has 0 bridgehead atoms. The van der Waals surface area contributed by atoms with Crippen molar-refractivity contribution < 1.29 is 20.6 Å². The molecule has 0 aromatic heterocycles. The van der Waals surface area contributed by atoms with Gasteiger partial charge in [-0.1, -0.05) is 0 Å². The average Bonchev–Trinajstić information content (AvgIpc) is 2.12. The minimum absolute atomic E-state index is 0.0337. The molecule has 4 nitrogen and oxygen atoms in total. The molecular weight excluding hydrogens is 194 g/mol. The second kappa shape index (κ2) is 5.00. The van der Waals surface area contributed by atoms with Crippen molar-refractivity contribution >= 4 is 0 Å². The fourth-order valence-corrected chi connectivity index (χ4v) is 1.35. The Morgan fingerprint density at radius 3 is 2.13 bits per heavy atom. The van der Waals surface area contributed by atoms with E-state index in [4.69, 9.17) is 0 Å². The first-order valence-corrected chi connectivity index (χ1v) is 5.03. The highest BCUT2D eigenvalue weighted by molar-refractivity contribution is 5.37. The molecule has 15 heavy (non-hydrogen) atoms. The molecule has 1 aromatic rings. The first-order chi connectivity index (χ1) is 6.99. The molecule has 0 aliphatic heterocycles. The third-order valence-corrected chi connectivity index (χ3v) is 2.14. The molecule has 0 saturated heterocycles. The summed E-state index contributed by atoms with van der Waals surface area (Å²) in [5.74, 6) is -0.0674. The lowest BCUT2D eigenvalue weighted by molar-refractivity contribution is -0.689. The summed E-state index contributed by atoms with van der Waals surface area (Å²) in [6.45, 7) is 4.58. The Morgan fingerprint density at radius 1 is 1.13 bits per heavy atom. The van der Waals surface area contributed by atoms with Gasteiger partial charge in [-0.15, -0.1) is 0 Å². The summed E-state index contributed by atoms with van der Waals surface area (Å²) >= 11 is 0. The fourth-order valence-electron chi connectivity index (χ4n) is 1.35. The van der Waals surface area contributed by atoms with Gasteiger partial charge in [0.1, 0.15) is 24.1 Å². The molecule has 1 rings (SSSR count). The summed E-state index contributed by atoms with van der Waals surface area (Å²) in [5.41, 5.74) is 0.532. The summed E-state index contributed by atoms with van der Waals surface area (Å²) in [5, 5.41) is 30.2. The second-order valence-corrected chi connectivity index (χ2v) is 4.01. The number of phenols is 2. The van der Waals surface area contributed by atoms with E-state index in [0.717, 1.165) is 0 Å². The molecule has 0 aliphatic rings. The zero-order valence-corrected chi connectivity index (χ0v) is 9.01. The van der Waals surface area contributed by atoms with Crippen LogP contribution in [-0.2, 0) is 0 Å². The minimum atomic E-state index is -0.676. The van der Waals surface area contributed by atoms with Gasteiger partial charge >= 0.3 is 0 Å². The summed E-state index contributed by atoms with van der Waals surface area (Å²) in [6, 6.07) is 4.56. The predicted molar refractivity (Wildman–Crippen MR) is 56.7 cm³/mol. The molecule has 4 heteroatoms. The Hall–Kier alpha value is -1.26. The summed E-state index contributed by atoms with van der Waals surface area (Å²) in [7, 11) is 0. The van der Waals surface area contributed by atoms with Gasteiger partial charge in [-0.25, -0.2) is 0 Å². The van der Waals surface area contributed by atoms with Gasteiger partial charge in [0.2, 0.25) is 0 Å². The Balaban J connectivity index is 2.68. The predicted octanol–water partition coefficient (Wildman–Crippen LogP) is 0.103. The first kappa shape index (κ1) is 11.8. The van der Waals surface area contributed by atoms with Crippen molar-refractivity contribution in [1.29, 1.82) is 0 Å². The number of aliphatic hydroxyl groups is 1. The highest BCUT2D eigenvalue weighted by atomic mass is 16.3. The van der Waals surface area contributed by atoms with Crippen molar-refractivity contribution in [2.45, 2.75) is 26.0 Å². The van der Waals surface area contributed by atoms with E-state index in [9.17, 15) is 15.3 Å². The van der Waals surface area contributed by atoms with E-state index >= 15 is 0 Å². The van der Waals surface area contributed by atoms with Crippen molar-refractivity contribution in [3.05, 3.63) is 23.8 Å². The number of phenolic OH excluding ortho intramolecular Hbond substituents is 2. The summed E-state index contributed by atoms with van der Waals surface area (Å²) in [6.07, 6.45) is -0.676. The lowest BCUT2D eigenvalue weighted by Gasteiger charge is -2.12. The van der Waals surface area contributed by atoms with E-state index in [2.05, 4.69) is 0 Å². The Bertz CT molecular complexity index is 305. The van der Waals surface area contributed by atoms with E-state index in [-0.39, 0.29) is 11.5 Å². The SMILES string of the molecule is CC(C)[NH2+]C[C@H](O)c1cc(O)cc(O)c1. The number of aliphatic hydroxyl groups excluding tert-OH is 1. The minimum Gasteiger partial charge on any atom is -0.508 e. The molecule has 0 aliphatic carbocycles. The van der Waals surface area contributed by atoms with E-state index in [1.54, 1.807) is 0 Å². The van der Waals surface area contributed by atoms with Gasteiger partial charge in [-0.2, -0.15) is 0 Å². The van der Waals surface area contributed by atoms with E-state index < -0.39 is 6.10 Å². The maximum atomic E-state index is 9.76. The van der Waals surface area contributed by atoms with Gasteiger partial charge in [0.15, 0.2) is 0 Å². The fraction of sp³-hybridized carbons (Fsp3) is 0.455. The van der Waals surface area contributed by atoms with Crippen molar-refractivity contribution in [3.8, 4) is 11.5 Å². The number of hydrogen-bond donors (Lipinski definition) is 4. The maximum Gasteiger partial charge on any atom is 0.128 e. The van der Waals surface area contributed by atoms with Crippen molar-refractivity contribution in [2.24, 2.45) is 0 Å². The Kier molecular flexibility index (Phi) is 3.94. The Labute approximate surface area is 89.2 Å². The molecule has 84 valence electrons. The molecule has 1 atom stereocenters. The van der Waals surface area contributed by atoms with Gasteiger partial charge in [0.05, 0.1) is 6.04 Å². The monoisotopic (exact) mass is 212 g/mol. The molecule has 0 unspecified atom stereocenters. The van der Waals surface area contributed by atoms with Crippen molar-refractivity contribution in [3.63, 3.8) is 0 Å². The normalized spacial score (nSPS) is 13.1. The zero-order chi connectivity index (χ0) is 11.4. The third kappa shape index (κ3) is 3.77. The van der Waals surface area contributed by atoms with Crippen LogP contribution in [0.3, 0.4) is 0 Å². The second-order valence-electron chi connectivity index (χ2n) is 4.01. The van der Waals surface area contributed by atoms with Gasteiger partial charge in [0, 0.05) is 6.07 Å². The third-order valence-electron chi connectivity index (χ3n) is 2.14. The summed E-state index contributed by atoms with van der Waals surface area (Å²) < 4.78 is 0. The van der Waals surface area contributed by atoms with Crippen molar-refractivity contribution in [1.82, 2.24) is 0 Å². The number of hydrogen-bond acceptors (Lipinski definition) is 3. The van der Waals surface area contributed by atoms with Gasteiger partial charge in [-0.05, 0) is 31.5 Å². The number of rotatable bonds is 4. The van der Waals surface area contributed by atoms with Crippen LogP contribution in [0.2, 0.25) is 0 Å². The molecular formula is C11H18NO3+. The van der Waals surface area contributed by atoms with Crippen molar-refractivity contribution in [2.75, 3.05) is 6.54 Å². The highest BCUT2D eigenvalue weighted by Crippen LogP contribution is 2.24. The van der Waals surface area contributed by atoms with Crippen LogP contribution in [0.5, 0.6) is 11.5 Å². The van der Waals surface area contributed by atoms with Crippen LogP contribution in [0.15, 0.2) is 18.2 Å². The molecule has 0 spiro atoms. The largest absolute Gasteiger partial charge is 0.508 e. The van der Waals surface area contributed by atoms with Gasteiger partial charge in [-0.3, -0.25) is 0 Å². The summed E-state index contributed by atoms with van der Waals surface area (Å²) in [4.78, 5) is 0. The van der Waals surface area contributed by atoms with Gasteiger partial charge in [0.25, 0.3) is 0 Å². The lowest BCUT2D eigenvalue weighted by atomic mass is 10.1. The van der Waals surface area contributed by atoms with Crippen LogP contribution in [0, 0.1) is 0 Å². The van der Waals surface area contributed by atoms with Crippen LogP contribution in [-0.4, -0.2) is 27.9 Å². The topological polar surface area (TPSA) is 77.3 Å². The standard InChI is InChI=1S/C11H17NO3/c1-7(2)12-6-11(15)8-3-9(13)5-10(14)4-8/h3-5,7,11-15H,6H2,1-2H3/p+1/t11-/m0/s1. The van der Waals surface area contributed by atoms with Crippen LogP contribution in [0.4, 0.5) is 0 Å². The molecule has 0 amide bonds. The average molecular weight is 212 g/mol.